The van der Waals surface area contributed by atoms with Crippen molar-refractivity contribution in [1.29, 1.82) is 0 Å². The summed E-state index contributed by atoms with van der Waals surface area (Å²) in [7, 11) is 0. The fraction of sp³-hybridized carbons (Fsp3) is 0.421. The van der Waals surface area contributed by atoms with Crippen molar-refractivity contribution >= 4 is 23.2 Å². The van der Waals surface area contributed by atoms with Crippen LogP contribution in [0.2, 0.25) is 0 Å². The van der Waals surface area contributed by atoms with E-state index in [4.69, 9.17) is 5.11 Å². The third kappa shape index (κ3) is 3.31. The molecule has 1 aromatic heterocycles. The summed E-state index contributed by atoms with van der Waals surface area (Å²) in [5.74, 6) is 0.624. The summed E-state index contributed by atoms with van der Waals surface area (Å²) in [4.78, 5) is 27.5. The van der Waals surface area contributed by atoms with Gasteiger partial charge in [0.2, 0.25) is 5.91 Å². The highest BCUT2D eigenvalue weighted by Crippen LogP contribution is 2.55. The van der Waals surface area contributed by atoms with Crippen LogP contribution in [-0.2, 0) is 11.3 Å². The maximum Gasteiger partial charge on any atom is 0.355 e. The number of fused-ring (bicyclic) bond motifs is 1. The lowest BCUT2D eigenvalue weighted by Gasteiger charge is -2.06. The van der Waals surface area contributed by atoms with E-state index in [9.17, 15) is 9.59 Å². The SMILES string of the molecule is O=C(O)c1csc(-c2cccc(CNC(=O)C3C4CCCCC43)c2)n1. The molecule has 0 bridgehead atoms. The Morgan fingerprint density at radius 1 is 1.24 bits per heavy atom. The molecule has 6 heteroatoms. The van der Waals surface area contributed by atoms with Crippen LogP contribution in [-0.4, -0.2) is 22.0 Å². The summed E-state index contributed by atoms with van der Waals surface area (Å²) >= 11 is 1.31. The van der Waals surface area contributed by atoms with Crippen molar-refractivity contribution < 1.29 is 14.7 Å². The number of hydrogen-bond acceptors (Lipinski definition) is 4. The molecule has 0 aliphatic heterocycles. The largest absolute Gasteiger partial charge is 0.476 e. The standard InChI is InChI=1S/C19H20N2O3S/c22-17(16-13-6-1-2-7-14(13)16)20-9-11-4-3-5-12(8-11)18-21-15(10-25-18)19(23)24/h3-5,8,10,13-14,16H,1-2,6-7,9H2,(H,20,22)(H,23,24). The van der Waals surface area contributed by atoms with Gasteiger partial charge >= 0.3 is 5.97 Å². The van der Waals surface area contributed by atoms with E-state index in [1.165, 1.54) is 37.0 Å². The molecule has 130 valence electrons. The highest BCUT2D eigenvalue weighted by molar-refractivity contribution is 7.13. The van der Waals surface area contributed by atoms with Crippen molar-refractivity contribution in [2.24, 2.45) is 17.8 Å². The van der Waals surface area contributed by atoms with E-state index in [2.05, 4.69) is 10.3 Å². The van der Waals surface area contributed by atoms with Crippen LogP contribution in [0.15, 0.2) is 29.6 Å². The number of aromatic nitrogens is 1. The molecule has 1 heterocycles. The van der Waals surface area contributed by atoms with Crippen LogP contribution in [0, 0.1) is 17.8 Å². The van der Waals surface area contributed by atoms with E-state index in [1.54, 1.807) is 5.38 Å². The van der Waals surface area contributed by atoms with Crippen LogP contribution in [0.25, 0.3) is 10.6 Å². The zero-order valence-corrected chi connectivity index (χ0v) is 14.6. The number of aromatic carboxylic acids is 1. The summed E-state index contributed by atoms with van der Waals surface area (Å²) in [6.45, 7) is 0.500. The predicted octanol–water partition coefficient (Wildman–Crippen LogP) is 3.56. The van der Waals surface area contributed by atoms with Crippen molar-refractivity contribution in [2.75, 3.05) is 0 Å². The van der Waals surface area contributed by atoms with Crippen molar-refractivity contribution in [3.05, 3.63) is 40.9 Å². The van der Waals surface area contributed by atoms with Crippen LogP contribution >= 0.6 is 11.3 Å². The van der Waals surface area contributed by atoms with Gasteiger partial charge < -0.3 is 10.4 Å². The van der Waals surface area contributed by atoms with Gasteiger partial charge in [-0.15, -0.1) is 11.3 Å². The zero-order valence-electron chi connectivity index (χ0n) is 13.8. The third-order valence-corrected chi connectivity index (χ3v) is 6.21. The molecule has 5 nitrogen and oxygen atoms in total. The van der Waals surface area contributed by atoms with Crippen molar-refractivity contribution in [2.45, 2.75) is 32.2 Å². The second kappa shape index (κ2) is 6.59. The molecule has 0 saturated heterocycles. The first-order valence-electron chi connectivity index (χ1n) is 8.69. The van der Waals surface area contributed by atoms with Crippen LogP contribution in [0.5, 0.6) is 0 Å². The van der Waals surface area contributed by atoms with Gasteiger partial charge in [-0.05, 0) is 36.3 Å². The van der Waals surface area contributed by atoms with Gasteiger partial charge in [0.15, 0.2) is 5.69 Å². The highest BCUT2D eigenvalue weighted by Gasteiger charge is 2.54. The second-order valence-corrected chi connectivity index (χ2v) is 7.76. The van der Waals surface area contributed by atoms with Crippen molar-refractivity contribution in [1.82, 2.24) is 10.3 Å². The quantitative estimate of drug-likeness (QED) is 0.858. The van der Waals surface area contributed by atoms with Crippen LogP contribution < -0.4 is 5.32 Å². The first-order chi connectivity index (χ1) is 12.1. The van der Waals surface area contributed by atoms with Crippen molar-refractivity contribution in [3.63, 3.8) is 0 Å². The number of benzene rings is 1. The number of nitrogens with zero attached hydrogens (tertiary/aromatic N) is 1. The Hall–Kier alpha value is -2.21. The first kappa shape index (κ1) is 16.3. The Bertz CT molecular complexity index is 805. The molecule has 2 aromatic rings. The summed E-state index contributed by atoms with van der Waals surface area (Å²) in [6.07, 6.45) is 4.93. The molecule has 25 heavy (non-hydrogen) atoms. The molecule has 1 aromatic carbocycles. The van der Waals surface area contributed by atoms with Crippen LogP contribution in [0.3, 0.4) is 0 Å². The number of carboxylic acid groups (broad SMARTS) is 1. The summed E-state index contributed by atoms with van der Waals surface area (Å²) < 4.78 is 0. The van der Waals surface area contributed by atoms with Crippen LogP contribution in [0.1, 0.15) is 41.7 Å². The number of carbonyl (C=O) groups is 2. The molecule has 1 amide bonds. The van der Waals surface area contributed by atoms with E-state index in [0.29, 0.717) is 23.4 Å². The van der Waals surface area contributed by atoms with Gasteiger partial charge in [0, 0.05) is 23.4 Å². The van der Waals surface area contributed by atoms with E-state index in [-0.39, 0.29) is 17.5 Å². The Kier molecular flexibility index (Phi) is 4.29. The topological polar surface area (TPSA) is 79.3 Å². The maximum atomic E-state index is 12.4. The van der Waals surface area contributed by atoms with Gasteiger partial charge in [-0.1, -0.05) is 31.0 Å². The number of hydrogen-bond donors (Lipinski definition) is 2. The van der Waals surface area contributed by atoms with Gasteiger partial charge in [-0.3, -0.25) is 4.79 Å². The number of rotatable bonds is 5. The number of carboxylic acids is 1. The number of amides is 1. The molecule has 0 spiro atoms. The van der Waals surface area contributed by atoms with Gasteiger partial charge in [-0.25, -0.2) is 9.78 Å². The summed E-state index contributed by atoms with van der Waals surface area (Å²) in [6, 6.07) is 7.75. The fourth-order valence-corrected chi connectivity index (χ4v) is 4.80. The first-order valence-corrected chi connectivity index (χ1v) is 9.57. The average molecular weight is 356 g/mol. The number of carbonyl (C=O) groups excluding carboxylic acids is 1. The predicted molar refractivity (Wildman–Crippen MR) is 95.3 cm³/mol. The minimum absolute atomic E-state index is 0.0649. The molecule has 2 fully saturated rings. The summed E-state index contributed by atoms with van der Waals surface area (Å²) in [5.41, 5.74) is 1.95. The van der Waals surface area contributed by atoms with E-state index in [0.717, 1.165) is 11.1 Å². The monoisotopic (exact) mass is 356 g/mol. The Morgan fingerprint density at radius 3 is 2.68 bits per heavy atom. The van der Waals surface area contributed by atoms with Gasteiger partial charge in [0.25, 0.3) is 0 Å². The molecule has 2 saturated carbocycles. The van der Waals surface area contributed by atoms with E-state index in [1.807, 2.05) is 24.3 Å². The van der Waals surface area contributed by atoms with E-state index < -0.39 is 5.97 Å². The summed E-state index contributed by atoms with van der Waals surface area (Å²) in [5, 5.41) is 14.3. The molecule has 2 aliphatic rings. The number of thiazole rings is 1. The molecule has 4 rings (SSSR count). The van der Waals surface area contributed by atoms with E-state index >= 15 is 0 Å². The molecule has 2 aliphatic carbocycles. The highest BCUT2D eigenvalue weighted by atomic mass is 32.1. The molecular weight excluding hydrogens is 336 g/mol. The zero-order chi connectivity index (χ0) is 17.4. The fourth-order valence-electron chi connectivity index (χ4n) is 4.01. The lowest BCUT2D eigenvalue weighted by atomic mass is 10.0. The van der Waals surface area contributed by atoms with Gasteiger partial charge in [0.1, 0.15) is 5.01 Å². The minimum Gasteiger partial charge on any atom is -0.476 e. The maximum absolute atomic E-state index is 12.4. The van der Waals surface area contributed by atoms with Gasteiger partial charge in [0.05, 0.1) is 0 Å². The molecule has 0 radical (unpaired) electrons. The molecular formula is C19H20N2O3S. The second-order valence-electron chi connectivity index (χ2n) is 6.90. The lowest BCUT2D eigenvalue weighted by molar-refractivity contribution is -0.123. The average Bonchev–Trinajstić information content (AvgIpc) is 3.13. The molecule has 2 N–H and O–H groups in total. The van der Waals surface area contributed by atoms with Gasteiger partial charge in [-0.2, -0.15) is 0 Å². The van der Waals surface area contributed by atoms with Crippen molar-refractivity contribution in [3.8, 4) is 10.6 Å². The van der Waals surface area contributed by atoms with Crippen LogP contribution in [0.4, 0.5) is 0 Å². The normalized spacial score (nSPS) is 24.4. The minimum atomic E-state index is -1.02. The third-order valence-electron chi connectivity index (χ3n) is 5.32. The lowest BCUT2D eigenvalue weighted by Crippen LogP contribution is -2.25. The Morgan fingerprint density at radius 2 is 2.00 bits per heavy atom. The molecule has 2 atom stereocenters. The smallest absolute Gasteiger partial charge is 0.355 e. The Labute approximate surface area is 150 Å². The number of nitrogens with one attached hydrogen (secondary N) is 1. The Balaban J connectivity index is 1.40. The molecule has 2 unspecified atom stereocenters.